The maximum atomic E-state index is 12.5. The van der Waals surface area contributed by atoms with E-state index in [4.69, 9.17) is 28.0 Å². The number of carbonyl (C=O) groups excluding carboxylic acids is 1. The molecule has 1 aromatic heterocycles. The van der Waals surface area contributed by atoms with E-state index in [0.29, 0.717) is 33.8 Å². The molecule has 24 heavy (non-hydrogen) atoms. The summed E-state index contributed by atoms with van der Waals surface area (Å²) in [5.74, 6) is -0.444. The van der Waals surface area contributed by atoms with Crippen molar-refractivity contribution in [2.45, 2.75) is 20.8 Å². The SMILES string of the molecule is CC(=N)c1cc(NC(=O)c2nc(Cl)c(C#N)c(C)c2C)ccc1N. The van der Waals surface area contributed by atoms with Gasteiger partial charge in [-0.3, -0.25) is 4.79 Å². The number of nitriles is 1. The van der Waals surface area contributed by atoms with Crippen molar-refractivity contribution >= 4 is 34.6 Å². The minimum absolute atomic E-state index is 0.000851. The first-order chi connectivity index (χ1) is 11.3. The van der Waals surface area contributed by atoms with E-state index in [1.165, 1.54) is 0 Å². The lowest BCUT2D eigenvalue weighted by Crippen LogP contribution is -2.17. The lowest BCUT2D eigenvalue weighted by Gasteiger charge is -2.12. The minimum atomic E-state index is -0.444. The van der Waals surface area contributed by atoms with Crippen molar-refractivity contribution < 1.29 is 4.79 Å². The molecule has 0 radical (unpaired) electrons. The van der Waals surface area contributed by atoms with Crippen molar-refractivity contribution in [3.05, 3.63) is 51.3 Å². The van der Waals surface area contributed by atoms with Crippen LogP contribution in [-0.2, 0) is 0 Å². The number of amides is 1. The van der Waals surface area contributed by atoms with Crippen LogP contribution in [-0.4, -0.2) is 16.6 Å². The summed E-state index contributed by atoms with van der Waals surface area (Å²) < 4.78 is 0. The first-order valence-electron chi connectivity index (χ1n) is 7.09. The van der Waals surface area contributed by atoms with E-state index in [9.17, 15) is 4.79 Å². The highest BCUT2D eigenvalue weighted by Gasteiger charge is 2.18. The van der Waals surface area contributed by atoms with Crippen LogP contribution in [0.3, 0.4) is 0 Å². The molecule has 6 nitrogen and oxygen atoms in total. The van der Waals surface area contributed by atoms with Crippen LogP contribution in [0.15, 0.2) is 18.2 Å². The summed E-state index contributed by atoms with van der Waals surface area (Å²) in [6.07, 6.45) is 0. The number of aromatic nitrogens is 1. The molecule has 4 N–H and O–H groups in total. The molecule has 0 aliphatic carbocycles. The molecule has 2 aromatic rings. The van der Waals surface area contributed by atoms with Crippen LogP contribution in [0, 0.1) is 30.6 Å². The number of pyridine rings is 1. The number of hydrogen-bond acceptors (Lipinski definition) is 5. The Hall–Kier alpha value is -2.91. The van der Waals surface area contributed by atoms with Gasteiger partial charge in [0.1, 0.15) is 16.9 Å². The fraction of sp³-hybridized carbons (Fsp3) is 0.176. The van der Waals surface area contributed by atoms with Crippen molar-refractivity contribution in [3.8, 4) is 6.07 Å². The zero-order valence-corrected chi connectivity index (χ0v) is 14.2. The van der Waals surface area contributed by atoms with Gasteiger partial charge in [-0.05, 0) is 50.1 Å². The van der Waals surface area contributed by atoms with Gasteiger partial charge in [0.25, 0.3) is 5.91 Å². The second kappa shape index (κ2) is 6.69. The smallest absolute Gasteiger partial charge is 0.274 e. The van der Waals surface area contributed by atoms with Crippen molar-refractivity contribution in [1.82, 2.24) is 4.98 Å². The molecule has 0 atom stereocenters. The van der Waals surface area contributed by atoms with Crippen LogP contribution in [0.2, 0.25) is 5.15 Å². The van der Waals surface area contributed by atoms with Gasteiger partial charge in [0.05, 0.1) is 5.56 Å². The van der Waals surface area contributed by atoms with E-state index in [1.54, 1.807) is 39.0 Å². The molecule has 0 aliphatic rings. The average Bonchev–Trinajstić information content (AvgIpc) is 2.52. The maximum absolute atomic E-state index is 12.5. The third-order valence-electron chi connectivity index (χ3n) is 3.75. The molecule has 0 aliphatic heterocycles. The minimum Gasteiger partial charge on any atom is -0.398 e. The predicted octanol–water partition coefficient (Wildman–Crippen LogP) is 3.45. The Balaban J connectivity index is 2.40. The lowest BCUT2D eigenvalue weighted by atomic mass is 10.0. The highest BCUT2D eigenvalue weighted by atomic mass is 35.5. The predicted molar refractivity (Wildman–Crippen MR) is 94.7 cm³/mol. The number of nitrogens with zero attached hydrogens (tertiary/aromatic N) is 2. The lowest BCUT2D eigenvalue weighted by molar-refractivity contribution is 0.102. The number of carbonyl (C=O) groups is 1. The molecule has 7 heteroatoms. The van der Waals surface area contributed by atoms with Gasteiger partial charge in [0.15, 0.2) is 0 Å². The monoisotopic (exact) mass is 341 g/mol. The number of rotatable bonds is 3. The molecule has 2 rings (SSSR count). The van der Waals surface area contributed by atoms with E-state index >= 15 is 0 Å². The Bertz CT molecular complexity index is 899. The zero-order chi connectivity index (χ0) is 18.0. The largest absolute Gasteiger partial charge is 0.398 e. The summed E-state index contributed by atoms with van der Waals surface area (Å²) in [7, 11) is 0. The number of anilines is 2. The van der Waals surface area contributed by atoms with Crippen LogP contribution in [0.1, 0.15) is 39.7 Å². The van der Waals surface area contributed by atoms with Crippen molar-refractivity contribution in [2.24, 2.45) is 0 Å². The standard InChI is InChI=1S/C17H16ClN5O/c1-8-9(2)15(23-16(18)13(8)7-19)17(24)22-11-4-5-14(21)12(6-11)10(3)20/h4-6,20H,21H2,1-3H3,(H,22,24). The Labute approximate surface area is 144 Å². The molecule has 1 aromatic carbocycles. The van der Waals surface area contributed by atoms with Crippen molar-refractivity contribution in [2.75, 3.05) is 11.1 Å². The van der Waals surface area contributed by atoms with Crippen molar-refractivity contribution in [1.29, 1.82) is 10.7 Å². The second-order valence-corrected chi connectivity index (χ2v) is 5.73. The molecular weight excluding hydrogens is 326 g/mol. The molecule has 1 heterocycles. The third-order valence-corrected chi connectivity index (χ3v) is 4.02. The molecule has 0 bridgehead atoms. The highest BCUT2D eigenvalue weighted by molar-refractivity contribution is 6.31. The van der Waals surface area contributed by atoms with E-state index < -0.39 is 5.91 Å². The van der Waals surface area contributed by atoms with Gasteiger partial charge in [-0.2, -0.15) is 5.26 Å². The molecule has 0 saturated heterocycles. The first-order valence-corrected chi connectivity index (χ1v) is 7.47. The summed E-state index contributed by atoms with van der Waals surface area (Å²) in [5, 5.41) is 19.5. The number of benzene rings is 1. The van der Waals surface area contributed by atoms with E-state index in [0.717, 1.165) is 0 Å². The van der Waals surface area contributed by atoms with E-state index in [-0.39, 0.29) is 16.4 Å². The quantitative estimate of drug-likeness (QED) is 0.450. The third kappa shape index (κ3) is 3.21. The van der Waals surface area contributed by atoms with Gasteiger partial charge in [-0.15, -0.1) is 0 Å². The fourth-order valence-corrected chi connectivity index (χ4v) is 2.53. The van der Waals surface area contributed by atoms with Gasteiger partial charge in [0.2, 0.25) is 0 Å². The number of halogens is 1. The highest BCUT2D eigenvalue weighted by Crippen LogP contribution is 2.24. The number of nitrogens with two attached hydrogens (primary N) is 1. The summed E-state index contributed by atoms with van der Waals surface area (Å²) in [4.78, 5) is 16.5. The van der Waals surface area contributed by atoms with Crippen molar-refractivity contribution in [3.63, 3.8) is 0 Å². The Kier molecular flexibility index (Phi) is 4.86. The average molecular weight is 342 g/mol. The van der Waals surface area contributed by atoms with Gasteiger partial charge in [-0.25, -0.2) is 4.98 Å². The molecule has 122 valence electrons. The molecule has 0 saturated carbocycles. The molecule has 0 fully saturated rings. The van der Waals surface area contributed by atoms with Gasteiger partial charge in [-0.1, -0.05) is 11.6 Å². The second-order valence-electron chi connectivity index (χ2n) is 5.37. The van der Waals surface area contributed by atoms with E-state index in [2.05, 4.69) is 10.3 Å². The van der Waals surface area contributed by atoms with Gasteiger partial charge in [0, 0.05) is 22.6 Å². The number of hydrogen-bond donors (Lipinski definition) is 3. The van der Waals surface area contributed by atoms with Crippen LogP contribution in [0.5, 0.6) is 0 Å². The summed E-state index contributed by atoms with van der Waals surface area (Å²) >= 11 is 5.98. The topological polar surface area (TPSA) is 116 Å². The van der Waals surface area contributed by atoms with Gasteiger partial charge >= 0.3 is 0 Å². The summed E-state index contributed by atoms with van der Waals surface area (Å²) in [6.45, 7) is 5.05. The summed E-state index contributed by atoms with van der Waals surface area (Å²) in [5.41, 5.74) is 9.25. The molecule has 1 amide bonds. The number of nitrogens with one attached hydrogen (secondary N) is 2. The maximum Gasteiger partial charge on any atom is 0.274 e. The number of nitrogen functional groups attached to an aromatic ring is 1. The fourth-order valence-electron chi connectivity index (χ4n) is 2.26. The van der Waals surface area contributed by atoms with E-state index in [1.807, 2.05) is 6.07 Å². The Morgan fingerprint density at radius 2 is 2.04 bits per heavy atom. The molecular formula is C17H16ClN5O. The van der Waals surface area contributed by atoms with Crippen LogP contribution in [0.25, 0.3) is 0 Å². The normalized spacial score (nSPS) is 10.1. The summed E-state index contributed by atoms with van der Waals surface area (Å²) in [6, 6.07) is 6.88. The van der Waals surface area contributed by atoms with Crippen LogP contribution < -0.4 is 11.1 Å². The van der Waals surface area contributed by atoms with Crippen LogP contribution in [0.4, 0.5) is 11.4 Å². The molecule has 0 unspecified atom stereocenters. The van der Waals surface area contributed by atoms with Gasteiger partial charge < -0.3 is 16.5 Å². The Morgan fingerprint density at radius 3 is 2.62 bits per heavy atom. The zero-order valence-electron chi connectivity index (χ0n) is 13.5. The Morgan fingerprint density at radius 1 is 1.38 bits per heavy atom. The first kappa shape index (κ1) is 17.4. The molecule has 0 spiro atoms. The van der Waals surface area contributed by atoms with Crippen LogP contribution >= 0.6 is 11.6 Å².